The maximum atomic E-state index is 12.6. The molecule has 2 heterocycles. The Morgan fingerprint density at radius 2 is 2.08 bits per heavy atom. The third kappa shape index (κ3) is 3.88. The van der Waals surface area contributed by atoms with Gasteiger partial charge < -0.3 is 14.7 Å². The van der Waals surface area contributed by atoms with Crippen molar-refractivity contribution in [3.8, 4) is 5.75 Å². The smallest absolute Gasteiger partial charge is 0.416 e. The molecule has 26 heavy (non-hydrogen) atoms. The van der Waals surface area contributed by atoms with Gasteiger partial charge in [0.1, 0.15) is 18.1 Å². The van der Waals surface area contributed by atoms with E-state index in [4.69, 9.17) is 4.74 Å². The quantitative estimate of drug-likeness (QED) is 0.625. The molecule has 0 bridgehead atoms. The van der Waals surface area contributed by atoms with E-state index in [1.807, 2.05) is 0 Å². The van der Waals surface area contributed by atoms with Crippen LogP contribution in [0.25, 0.3) is 0 Å². The second kappa shape index (κ2) is 7.08. The Hall–Kier alpha value is -2.40. The monoisotopic (exact) mass is 389 g/mol. The van der Waals surface area contributed by atoms with E-state index < -0.39 is 16.7 Å². The molecule has 0 amide bonds. The van der Waals surface area contributed by atoms with E-state index in [-0.39, 0.29) is 29.5 Å². The van der Waals surface area contributed by atoms with Crippen molar-refractivity contribution in [2.45, 2.75) is 24.7 Å². The van der Waals surface area contributed by atoms with Gasteiger partial charge in [-0.1, -0.05) is 0 Å². The number of aliphatic hydroxyl groups excluding tert-OH is 1. The first-order chi connectivity index (χ1) is 12.3. The Balaban J connectivity index is 1.69. The van der Waals surface area contributed by atoms with Crippen molar-refractivity contribution in [2.75, 3.05) is 18.1 Å². The fraction of sp³-hybridized carbons (Fsp3) is 0.400. The lowest BCUT2D eigenvalue weighted by atomic mass is 10.2. The molecule has 2 atom stereocenters. The van der Waals surface area contributed by atoms with Gasteiger partial charge in [0.25, 0.3) is 0 Å². The molecule has 1 aromatic heterocycles. The molecule has 0 radical (unpaired) electrons. The van der Waals surface area contributed by atoms with Gasteiger partial charge in [0.15, 0.2) is 5.13 Å². The van der Waals surface area contributed by atoms with E-state index in [9.17, 15) is 28.4 Å². The topological polar surface area (TPSA) is 88.7 Å². The molecule has 0 unspecified atom stereocenters. The second-order valence-corrected chi connectivity index (χ2v) is 6.71. The molecule has 140 valence electrons. The number of alkyl halides is 3. The lowest BCUT2D eigenvalue weighted by Gasteiger charge is -2.21. The Kier molecular flexibility index (Phi) is 5.01. The molecule has 0 spiro atoms. The van der Waals surface area contributed by atoms with E-state index in [1.165, 1.54) is 12.1 Å². The predicted molar refractivity (Wildman–Crippen MR) is 87.5 cm³/mol. The summed E-state index contributed by atoms with van der Waals surface area (Å²) in [6.45, 7) is 0.122. The number of thiazole rings is 1. The molecule has 0 aliphatic carbocycles. The number of hydrogen-bond acceptors (Lipinski definition) is 7. The summed E-state index contributed by atoms with van der Waals surface area (Å²) in [5.41, 5.74) is -0.763. The van der Waals surface area contributed by atoms with Crippen LogP contribution in [0.1, 0.15) is 12.0 Å². The zero-order valence-corrected chi connectivity index (χ0v) is 14.0. The average Bonchev–Trinajstić information content (AvgIpc) is 3.21. The minimum atomic E-state index is -4.41. The number of anilines is 1. The van der Waals surface area contributed by atoms with Crippen molar-refractivity contribution < 1.29 is 27.9 Å². The SMILES string of the molecule is O=[N+]([O-])c1cnc(N2C[C@@H](Oc3ccc(C(F)(F)F)cc3)C[C@H]2CO)s1. The van der Waals surface area contributed by atoms with Gasteiger partial charge in [-0.15, -0.1) is 0 Å². The van der Waals surface area contributed by atoms with Gasteiger partial charge in [-0.3, -0.25) is 10.1 Å². The molecule has 1 aromatic carbocycles. The summed E-state index contributed by atoms with van der Waals surface area (Å²) < 4.78 is 43.5. The van der Waals surface area contributed by atoms with Crippen molar-refractivity contribution in [2.24, 2.45) is 0 Å². The number of nitro groups is 1. The number of aliphatic hydroxyl groups is 1. The molecule has 3 rings (SSSR count). The van der Waals surface area contributed by atoms with Gasteiger partial charge in [0, 0.05) is 6.42 Å². The summed E-state index contributed by atoms with van der Waals surface area (Å²) in [4.78, 5) is 16.0. The molecule has 11 heteroatoms. The highest BCUT2D eigenvalue weighted by molar-refractivity contribution is 7.18. The zero-order valence-electron chi connectivity index (χ0n) is 13.2. The molecule has 0 saturated carbocycles. The molecule has 2 aromatic rings. The highest BCUT2D eigenvalue weighted by Gasteiger charge is 2.36. The van der Waals surface area contributed by atoms with E-state index in [0.717, 1.165) is 29.7 Å². The van der Waals surface area contributed by atoms with E-state index in [0.29, 0.717) is 18.1 Å². The fourth-order valence-corrected chi connectivity index (χ4v) is 3.57. The largest absolute Gasteiger partial charge is 0.489 e. The van der Waals surface area contributed by atoms with Crippen LogP contribution in [-0.4, -0.2) is 40.3 Å². The van der Waals surface area contributed by atoms with Crippen LogP contribution in [0.4, 0.5) is 23.3 Å². The number of aromatic nitrogens is 1. The summed E-state index contributed by atoms with van der Waals surface area (Å²) in [5, 5.41) is 20.6. The number of nitrogens with zero attached hydrogens (tertiary/aromatic N) is 3. The van der Waals surface area contributed by atoms with Crippen LogP contribution in [0.3, 0.4) is 0 Å². The lowest BCUT2D eigenvalue weighted by molar-refractivity contribution is -0.380. The minimum absolute atomic E-state index is 0.108. The second-order valence-electron chi connectivity index (χ2n) is 5.72. The summed E-state index contributed by atoms with van der Waals surface area (Å²) in [6, 6.07) is 4.03. The van der Waals surface area contributed by atoms with Gasteiger partial charge in [0.2, 0.25) is 0 Å². The van der Waals surface area contributed by atoms with Crippen LogP contribution >= 0.6 is 11.3 Å². The molecular weight excluding hydrogens is 375 g/mol. The van der Waals surface area contributed by atoms with Crippen LogP contribution in [0.2, 0.25) is 0 Å². The van der Waals surface area contributed by atoms with Crippen molar-refractivity contribution in [1.29, 1.82) is 0 Å². The van der Waals surface area contributed by atoms with Crippen molar-refractivity contribution in [1.82, 2.24) is 4.98 Å². The summed E-state index contributed by atoms with van der Waals surface area (Å²) in [5.74, 6) is 0.284. The maximum absolute atomic E-state index is 12.6. The normalized spacial score (nSPS) is 20.4. The molecule has 1 fully saturated rings. The lowest BCUT2D eigenvalue weighted by Crippen LogP contribution is -2.32. The van der Waals surface area contributed by atoms with Gasteiger partial charge in [-0.05, 0) is 35.6 Å². The Morgan fingerprint density at radius 3 is 2.62 bits per heavy atom. The number of halogens is 3. The molecule has 1 aliphatic rings. The predicted octanol–water partition coefficient (Wildman–Crippen LogP) is 3.09. The standard InChI is InChI=1S/C15H14F3N3O4S/c16-15(17,18)9-1-3-11(4-2-9)25-12-5-10(8-22)20(7-12)14-19-6-13(26-14)21(23)24/h1-4,6,10,12,22H,5,7-8H2/t10-,12-/m0/s1. The highest BCUT2D eigenvalue weighted by atomic mass is 32.1. The molecule has 1 N–H and O–H groups in total. The van der Waals surface area contributed by atoms with Crippen LogP contribution in [0.15, 0.2) is 30.5 Å². The summed E-state index contributed by atoms with van der Waals surface area (Å²) in [7, 11) is 0. The van der Waals surface area contributed by atoms with Crippen LogP contribution in [0.5, 0.6) is 5.75 Å². The first kappa shape index (κ1) is 18.4. The highest BCUT2D eigenvalue weighted by Crippen LogP contribution is 2.35. The van der Waals surface area contributed by atoms with E-state index in [1.54, 1.807) is 4.90 Å². The Labute approximate surface area is 149 Å². The molecule has 1 aliphatic heterocycles. The number of hydrogen-bond donors (Lipinski definition) is 1. The molecular formula is C15H14F3N3O4S. The van der Waals surface area contributed by atoms with Crippen LogP contribution in [-0.2, 0) is 6.18 Å². The van der Waals surface area contributed by atoms with Crippen molar-refractivity contribution in [3.05, 3.63) is 46.1 Å². The van der Waals surface area contributed by atoms with E-state index >= 15 is 0 Å². The fourth-order valence-electron chi connectivity index (χ4n) is 2.76. The van der Waals surface area contributed by atoms with Gasteiger partial charge in [-0.25, -0.2) is 4.98 Å². The van der Waals surface area contributed by atoms with E-state index in [2.05, 4.69) is 4.98 Å². The van der Waals surface area contributed by atoms with Crippen molar-refractivity contribution in [3.63, 3.8) is 0 Å². The number of benzene rings is 1. The third-order valence-electron chi connectivity index (χ3n) is 3.98. The third-order valence-corrected chi connectivity index (χ3v) is 4.96. The molecule has 1 saturated heterocycles. The van der Waals surface area contributed by atoms with Crippen molar-refractivity contribution >= 4 is 21.5 Å². The maximum Gasteiger partial charge on any atom is 0.416 e. The Bertz CT molecular complexity index is 781. The van der Waals surface area contributed by atoms with Crippen LogP contribution < -0.4 is 9.64 Å². The first-order valence-electron chi connectivity index (χ1n) is 7.59. The van der Waals surface area contributed by atoms with Gasteiger partial charge in [-0.2, -0.15) is 13.2 Å². The summed E-state index contributed by atoms with van der Waals surface area (Å²) in [6.07, 6.45) is -3.22. The van der Waals surface area contributed by atoms with Crippen LogP contribution in [0, 0.1) is 10.1 Å². The van der Waals surface area contributed by atoms with Gasteiger partial charge in [0.05, 0.1) is 29.7 Å². The summed E-state index contributed by atoms with van der Waals surface area (Å²) >= 11 is 0.894. The number of rotatable bonds is 5. The average molecular weight is 389 g/mol. The first-order valence-corrected chi connectivity index (χ1v) is 8.41. The zero-order chi connectivity index (χ0) is 18.9. The molecule has 7 nitrogen and oxygen atoms in total. The number of ether oxygens (including phenoxy) is 1. The Morgan fingerprint density at radius 1 is 1.38 bits per heavy atom. The minimum Gasteiger partial charge on any atom is -0.489 e. The van der Waals surface area contributed by atoms with Gasteiger partial charge >= 0.3 is 11.2 Å².